The van der Waals surface area contributed by atoms with Gasteiger partial charge in [0, 0.05) is 25.8 Å². The fourth-order valence-corrected chi connectivity index (χ4v) is 2.81. The van der Waals surface area contributed by atoms with E-state index >= 15 is 0 Å². The molecule has 0 radical (unpaired) electrons. The first-order valence-electron chi connectivity index (χ1n) is 8.76. The molecular formula is C17H37NO4. The molecule has 0 aromatic carbocycles. The highest BCUT2D eigenvalue weighted by atomic mass is 16.5. The monoisotopic (exact) mass is 319 g/mol. The molecular weight excluding hydrogens is 282 g/mol. The van der Waals surface area contributed by atoms with Gasteiger partial charge in [-0.15, -0.1) is 0 Å². The van der Waals surface area contributed by atoms with Crippen molar-refractivity contribution in [2.75, 3.05) is 32.9 Å². The fourth-order valence-electron chi connectivity index (χ4n) is 2.81. The molecule has 134 valence electrons. The standard InChI is InChI=1S/C17H37NO4/c1-5-10-18(11-13-22-6-2)16(9-12-19)17(21)14(3)7-8-15(4)20/h14-17,19-21H,5-13H2,1-4H3/t14?,15-,16?,17-/m0/s1. The van der Waals surface area contributed by atoms with Gasteiger partial charge in [0.25, 0.3) is 0 Å². The second-order valence-corrected chi connectivity index (χ2v) is 6.21. The molecule has 2 unspecified atom stereocenters. The van der Waals surface area contributed by atoms with E-state index in [0.717, 1.165) is 25.9 Å². The predicted molar refractivity (Wildman–Crippen MR) is 89.9 cm³/mol. The van der Waals surface area contributed by atoms with Gasteiger partial charge in [-0.1, -0.05) is 13.8 Å². The molecule has 0 amide bonds. The number of rotatable bonds is 14. The zero-order valence-electron chi connectivity index (χ0n) is 14.9. The normalized spacial score (nSPS) is 17.5. The van der Waals surface area contributed by atoms with Gasteiger partial charge in [0.1, 0.15) is 0 Å². The van der Waals surface area contributed by atoms with Gasteiger partial charge in [-0.2, -0.15) is 0 Å². The Hall–Kier alpha value is -0.200. The van der Waals surface area contributed by atoms with Gasteiger partial charge >= 0.3 is 0 Å². The first kappa shape index (κ1) is 21.8. The molecule has 5 heteroatoms. The molecule has 3 N–H and O–H groups in total. The maximum absolute atomic E-state index is 10.7. The minimum absolute atomic E-state index is 0.0607. The van der Waals surface area contributed by atoms with Crippen molar-refractivity contribution in [3.8, 4) is 0 Å². The van der Waals surface area contributed by atoms with Crippen LogP contribution in [0.3, 0.4) is 0 Å². The molecule has 4 atom stereocenters. The van der Waals surface area contributed by atoms with Crippen LogP contribution in [0, 0.1) is 5.92 Å². The van der Waals surface area contributed by atoms with Crippen molar-refractivity contribution < 1.29 is 20.1 Å². The maximum atomic E-state index is 10.7. The van der Waals surface area contributed by atoms with E-state index in [0.29, 0.717) is 26.1 Å². The lowest BCUT2D eigenvalue weighted by Crippen LogP contribution is -2.48. The van der Waals surface area contributed by atoms with Crippen molar-refractivity contribution in [2.45, 2.75) is 71.6 Å². The number of nitrogens with zero attached hydrogens (tertiary/aromatic N) is 1. The van der Waals surface area contributed by atoms with Gasteiger partial charge in [-0.05, 0) is 52.0 Å². The third kappa shape index (κ3) is 9.06. The van der Waals surface area contributed by atoms with Gasteiger partial charge in [0.2, 0.25) is 0 Å². The van der Waals surface area contributed by atoms with Gasteiger partial charge in [-0.25, -0.2) is 0 Å². The van der Waals surface area contributed by atoms with Gasteiger partial charge in [0.05, 0.1) is 18.8 Å². The third-order valence-electron chi connectivity index (χ3n) is 4.15. The highest BCUT2D eigenvalue weighted by Gasteiger charge is 2.29. The van der Waals surface area contributed by atoms with Crippen molar-refractivity contribution in [1.82, 2.24) is 4.90 Å². The average Bonchev–Trinajstić information content (AvgIpc) is 2.49. The number of hydrogen-bond acceptors (Lipinski definition) is 5. The Kier molecular flexibility index (Phi) is 13.1. The van der Waals surface area contributed by atoms with E-state index in [2.05, 4.69) is 11.8 Å². The lowest BCUT2D eigenvalue weighted by atomic mass is 9.90. The van der Waals surface area contributed by atoms with Crippen molar-refractivity contribution in [2.24, 2.45) is 5.92 Å². The highest BCUT2D eigenvalue weighted by molar-refractivity contribution is 4.83. The molecule has 0 saturated heterocycles. The molecule has 0 aliphatic rings. The highest BCUT2D eigenvalue weighted by Crippen LogP contribution is 2.21. The Bertz CT molecular complexity index is 251. The second kappa shape index (κ2) is 13.3. The summed E-state index contributed by atoms with van der Waals surface area (Å²) in [6.45, 7) is 10.9. The average molecular weight is 319 g/mol. The number of ether oxygens (including phenoxy) is 1. The summed E-state index contributed by atoms with van der Waals surface area (Å²) in [5, 5.41) is 29.5. The van der Waals surface area contributed by atoms with E-state index in [-0.39, 0.29) is 24.7 Å². The van der Waals surface area contributed by atoms with E-state index in [1.165, 1.54) is 0 Å². The summed E-state index contributed by atoms with van der Waals surface area (Å²) < 4.78 is 5.44. The maximum Gasteiger partial charge on any atom is 0.0721 e. The Morgan fingerprint density at radius 1 is 1.00 bits per heavy atom. The summed E-state index contributed by atoms with van der Waals surface area (Å²) in [7, 11) is 0. The van der Waals surface area contributed by atoms with E-state index in [9.17, 15) is 15.3 Å². The van der Waals surface area contributed by atoms with Crippen LogP contribution in [0.15, 0.2) is 0 Å². The summed E-state index contributed by atoms with van der Waals surface area (Å²) in [5.74, 6) is 0.0950. The minimum Gasteiger partial charge on any atom is -0.396 e. The van der Waals surface area contributed by atoms with Crippen LogP contribution in [0.5, 0.6) is 0 Å². The minimum atomic E-state index is -0.501. The van der Waals surface area contributed by atoms with E-state index in [4.69, 9.17) is 4.74 Å². The molecule has 0 aromatic heterocycles. The molecule has 0 aliphatic heterocycles. The molecule has 0 rings (SSSR count). The van der Waals surface area contributed by atoms with E-state index in [1.807, 2.05) is 13.8 Å². The first-order valence-corrected chi connectivity index (χ1v) is 8.76. The fraction of sp³-hybridized carbons (Fsp3) is 1.00. The predicted octanol–water partition coefficient (Wildman–Crippen LogP) is 1.64. The molecule has 0 spiro atoms. The van der Waals surface area contributed by atoms with Crippen molar-refractivity contribution in [3.05, 3.63) is 0 Å². The Morgan fingerprint density at radius 3 is 2.18 bits per heavy atom. The van der Waals surface area contributed by atoms with Gasteiger partial charge in [-0.3, -0.25) is 4.90 Å². The molecule has 5 nitrogen and oxygen atoms in total. The van der Waals surface area contributed by atoms with Crippen LogP contribution in [-0.4, -0.2) is 71.4 Å². The summed E-state index contributed by atoms with van der Waals surface area (Å²) in [6.07, 6.45) is 2.20. The number of aliphatic hydroxyl groups excluding tert-OH is 3. The third-order valence-corrected chi connectivity index (χ3v) is 4.15. The van der Waals surface area contributed by atoms with E-state index < -0.39 is 6.10 Å². The van der Waals surface area contributed by atoms with Crippen LogP contribution in [-0.2, 0) is 4.74 Å². The van der Waals surface area contributed by atoms with Crippen molar-refractivity contribution >= 4 is 0 Å². The van der Waals surface area contributed by atoms with Crippen LogP contribution in [0.2, 0.25) is 0 Å². The molecule has 0 bridgehead atoms. The summed E-state index contributed by atoms with van der Waals surface area (Å²) in [4.78, 5) is 2.23. The lowest BCUT2D eigenvalue weighted by molar-refractivity contribution is -0.0122. The Balaban J connectivity index is 4.71. The Labute approximate surface area is 136 Å². The quantitative estimate of drug-likeness (QED) is 0.425. The smallest absolute Gasteiger partial charge is 0.0721 e. The van der Waals surface area contributed by atoms with Gasteiger partial charge < -0.3 is 20.1 Å². The summed E-state index contributed by atoms with van der Waals surface area (Å²) in [5.41, 5.74) is 0. The molecule has 22 heavy (non-hydrogen) atoms. The van der Waals surface area contributed by atoms with Crippen LogP contribution in [0.1, 0.15) is 53.4 Å². The molecule has 0 aliphatic carbocycles. The summed E-state index contributed by atoms with van der Waals surface area (Å²) in [6, 6.07) is -0.0607. The lowest BCUT2D eigenvalue weighted by Gasteiger charge is -2.37. The second-order valence-electron chi connectivity index (χ2n) is 6.21. The molecule has 0 saturated carbocycles. The molecule has 0 fully saturated rings. The van der Waals surface area contributed by atoms with Crippen LogP contribution < -0.4 is 0 Å². The van der Waals surface area contributed by atoms with E-state index in [1.54, 1.807) is 6.92 Å². The first-order chi connectivity index (χ1) is 10.5. The number of aliphatic hydroxyl groups is 3. The van der Waals surface area contributed by atoms with Crippen LogP contribution in [0.25, 0.3) is 0 Å². The largest absolute Gasteiger partial charge is 0.396 e. The van der Waals surface area contributed by atoms with Crippen LogP contribution in [0.4, 0.5) is 0 Å². The topological polar surface area (TPSA) is 73.2 Å². The molecule has 0 aromatic rings. The molecule has 0 heterocycles. The zero-order valence-corrected chi connectivity index (χ0v) is 14.9. The van der Waals surface area contributed by atoms with Gasteiger partial charge in [0.15, 0.2) is 0 Å². The van der Waals surface area contributed by atoms with Crippen LogP contribution >= 0.6 is 0 Å². The summed E-state index contributed by atoms with van der Waals surface area (Å²) >= 11 is 0. The Morgan fingerprint density at radius 2 is 1.68 bits per heavy atom. The SMILES string of the molecule is CCCN(CCOCC)C(CCO)[C@@H](O)C(C)CC[C@H](C)O. The zero-order chi connectivity index (χ0) is 17.0. The van der Waals surface area contributed by atoms with Crippen molar-refractivity contribution in [1.29, 1.82) is 0 Å². The van der Waals surface area contributed by atoms with Crippen molar-refractivity contribution in [3.63, 3.8) is 0 Å². The number of hydrogen-bond donors (Lipinski definition) is 3.